The van der Waals surface area contributed by atoms with E-state index in [2.05, 4.69) is 10.1 Å². The Kier molecular flexibility index (Phi) is 5.03. The average Bonchev–Trinajstić information content (AvgIpc) is 3.03. The highest BCUT2D eigenvalue weighted by Gasteiger charge is 2.10. The summed E-state index contributed by atoms with van der Waals surface area (Å²) < 4.78 is 24.2. The second-order valence-electron chi connectivity index (χ2n) is 5.03. The van der Waals surface area contributed by atoms with Crippen LogP contribution in [0.15, 0.2) is 35.1 Å². The summed E-state index contributed by atoms with van der Waals surface area (Å²) >= 11 is 1.31. The van der Waals surface area contributed by atoms with Crippen LogP contribution in [0.4, 0.5) is 4.39 Å². The van der Waals surface area contributed by atoms with Gasteiger partial charge in [0.25, 0.3) is 5.56 Å². The highest BCUT2D eigenvalue weighted by Crippen LogP contribution is 2.13. The SMILES string of the molecule is CCc1nn2c(=O)cc(COC(=O)COc3ccc(F)cc3)nc2s1. The largest absolute Gasteiger partial charge is 0.482 e. The number of aromatic nitrogens is 3. The molecule has 0 radical (unpaired) electrons. The molecule has 25 heavy (non-hydrogen) atoms. The lowest BCUT2D eigenvalue weighted by Gasteiger charge is -2.06. The third kappa shape index (κ3) is 4.18. The second kappa shape index (κ2) is 7.39. The van der Waals surface area contributed by atoms with E-state index in [-0.39, 0.29) is 18.8 Å². The number of ether oxygens (including phenoxy) is 2. The number of carbonyl (C=O) groups excluding carboxylic acids is 1. The Morgan fingerprint density at radius 2 is 2.08 bits per heavy atom. The molecular weight excluding hydrogens is 349 g/mol. The van der Waals surface area contributed by atoms with Crippen LogP contribution >= 0.6 is 11.3 Å². The lowest BCUT2D eigenvalue weighted by molar-refractivity contribution is -0.147. The first-order valence-electron chi connectivity index (χ1n) is 7.48. The maximum absolute atomic E-state index is 12.8. The molecule has 2 heterocycles. The number of aryl methyl sites for hydroxylation is 1. The molecule has 0 aliphatic heterocycles. The fourth-order valence-corrected chi connectivity index (χ4v) is 2.84. The molecule has 0 spiro atoms. The van der Waals surface area contributed by atoms with Crippen LogP contribution in [-0.4, -0.2) is 27.2 Å². The molecule has 2 aromatic heterocycles. The van der Waals surface area contributed by atoms with Gasteiger partial charge in [0, 0.05) is 6.07 Å². The van der Waals surface area contributed by atoms with Crippen LogP contribution in [0.1, 0.15) is 17.6 Å². The van der Waals surface area contributed by atoms with Crippen molar-refractivity contribution < 1.29 is 18.7 Å². The molecule has 0 N–H and O–H groups in total. The minimum atomic E-state index is -0.620. The highest BCUT2D eigenvalue weighted by atomic mass is 32.1. The lowest BCUT2D eigenvalue weighted by Crippen LogP contribution is -2.18. The summed E-state index contributed by atoms with van der Waals surface area (Å²) in [7, 11) is 0. The van der Waals surface area contributed by atoms with E-state index in [1.807, 2.05) is 6.92 Å². The molecule has 0 saturated carbocycles. The zero-order chi connectivity index (χ0) is 17.8. The predicted octanol–water partition coefficient (Wildman–Crippen LogP) is 1.97. The molecule has 1 aromatic carbocycles. The Balaban J connectivity index is 1.59. The van der Waals surface area contributed by atoms with E-state index < -0.39 is 11.8 Å². The molecule has 0 aliphatic rings. The van der Waals surface area contributed by atoms with Crippen molar-refractivity contribution in [3.8, 4) is 5.75 Å². The van der Waals surface area contributed by atoms with Gasteiger partial charge < -0.3 is 9.47 Å². The number of hydrogen-bond donors (Lipinski definition) is 0. The Hall–Kier alpha value is -2.81. The molecule has 0 atom stereocenters. The van der Waals surface area contributed by atoms with Crippen molar-refractivity contribution >= 4 is 22.3 Å². The summed E-state index contributed by atoms with van der Waals surface area (Å²) in [4.78, 5) is 28.4. The molecule has 0 fully saturated rings. The minimum absolute atomic E-state index is 0.142. The Labute approximate surface area is 145 Å². The van der Waals surface area contributed by atoms with E-state index >= 15 is 0 Å². The van der Waals surface area contributed by atoms with Gasteiger partial charge in [0.2, 0.25) is 4.96 Å². The van der Waals surface area contributed by atoms with Crippen LogP contribution in [0.5, 0.6) is 5.75 Å². The molecule has 0 bridgehead atoms. The number of benzene rings is 1. The van der Waals surface area contributed by atoms with Crippen molar-refractivity contribution in [1.29, 1.82) is 0 Å². The van der Waals surface area contributed by atoms with Gasteiger partial charge in [0.15, 0.2) is 6.61 Å². The van der Waals surface area contributed by atoms with Gasteiger partial charge in [-0.3, -0.25) is 4.79 Å². The molecular formula is C16H14FN3O4S. The summed E-state index contributed by atoms with van der Waals surface area (Å²) in [5.41, 5.74) is 0.0148. The maximum atomic E-state index is 12.8. The van der Waals surface area contributed by atoms with E-state index in [0.29, 0.717) is 22.8 Å². The summed E-state index contributed by atoms with van der Waals surface area (Å²) in [5.74, 6) is -0.658. The second-order valence-corrected chi connectivity index (χ2v) is 6.07. The quantitative estimate of drug-likeness (QED) is 0.623. The molecule has 0 amide bonds. The fourth-order valence-electron chi connectivity index (χ4n) is 1.98. The molecule has 0 saturated heterocycles. The number of esters is 1. The molecule has 9 heteroatoms. The number of hydrogen-bond acceptors (Lipinski definition) is 7. The van der Waals surface area contributed by atoms with Crippen LogP contribution in [0.2, 0.25) is 0 Å². The van der Waals surface area contributed by atoms with Gasteiger partial charge in [-0.15, -0.1) is 0 Å². The topological polar surface area (TPSA) is 82.8 Å². The van der Waals surface area contributed by atoms with E-state index in [1.165, 1.54) is 46.2 Å². The van der Waals surface area contributed by atoms with Gasteiger partial charge in [-0.05, 0) is 30.7 Å². The van der Waals surface area contributed by atoms with Gasteiger partial charge in [-0.1, -0.05) is 18.3 Å². The minimum Gasteiger partial charge on any atom is -0.482 e. The van der Waals surface area contributed by atoms with Crippen LogP contribution < -0.4 is 10.3 Å². The summed E-state index contributed by atoms with van der Waals surface area (Å²) in [5, 5.41) is 4.94. The van der Waals surface area contributed by atoms with Crippen LogP contribution in [0.3, 0.4) is 0 Å². The van der Waals surface area contributed by atoms with Crippen molar-refractivity contribution in [1.82, 2.24) is 14.6 Å². The molecule has 130 valence electrons. The summed E-state index contributed by atoms with van der Waals surface area (Å²) in [6.07, 6.45) is 0.707. The van der Waals surface area contributed by atoms with E-state index in [4.69, 9.17) is 9.47 Å². The molecule has 0 aliphatic carbocycles. The van der Waals surface area contributed by atoms with Crippen LogP contribution in [0.25, 0.3) is 4.96 Å². The molecule has 3 aromatic rings. The Morgan fingerprint density at radius 3 is 2.80 bits per heavy atom. The van der Waals surface area contributed by atoms with Crippen molar-refractivity contribution in [3.05, 3.63) is 57.2 Å². The van der Waals surface area contributed by atoms with E-state index in [1.54, 1.807) is 0 Å². The first-order valence-corrected chi connectivity index (χ1v) is 8.29. The lowest BCUT2D eigenvalue weighted by atomic mass is 10.3. The monoisotopic (exact) mass is 363 g/mol. The van der Waals surface area contributed by atoms with Gasteiger partial charge in [0.1, 0.15) is 23.2 Å². The number of rotatable bonds is 6. The average molecular weight is 363 g/mol. The third-order valence-electron chi connectivity index (χ3n) is 3.19. The normalized spacial score (nSPS) is 10.8. The van der Waals surface area contributed by atoms with E-state index in [0.717, 1.165) is 5.01 Å². The smallest absolute Gasteiger partial charge is 0.344 e. The van der Waals surface area contributed by atoms with Gasteiger partial charge in [-0.2, -0.15) is 9.61 Å². The van der Waals surface area contributed by atoms with Gasteiger partial charge in [-0.25, -0.2) is 14.2 Å². The van der Waals surface area contributed by atoms with Crippen LogP contribution in [-0.2, 0) is 22.6 Å². The first-order chi connectivity index (χ1) is 12.0. The van der Waals surface area contributed by atoms with Crippen molar-refractivity contribution in [2.24, 2.45) is 0 Å². The standard InChI is InChI=1S/C16H14FN3O4S/c1-2-13-19-20-14(21)7-11(18-16(20)25-13)8-24-15(22)9-23-12-5-3-10(17)4-6-12/h3-7H,2,8-9H2,1H3. The third-order valence-corrected chi connectivity index (χ3v) is 4.25. The van der Waals surface area contributed by atoms with E-state index in [9.17, 15) is 14.0 Å². The highest BCUT2D eigenvalue weighted by molar-refractivity contribution is 7.16. The molecule has 7 nitrogen and oxygen atoms in total. The zero-order valence-corrected chi connectivity index (χ0v) is 14.1. The number of nitrogens with zero attached hydrogens (tertiary/aromatic N) is 3. The number of fused-ring (bicyclic) bond motifs is 1. The number of halogens is 1. The van der Waals surface area contributed by atoms with Crippen molar-refractivity contribution in [2.75, 3.05) is 6.61 Å². The predicted molar refractivity (Wildman–Crippen MR) is 88.2 cm³/mol. The van der Waals surface area contributed by atoms with Crippen LogP contribution in [0, 0.1) is 5.82 Å². The molecule has 3 rings (SSSR count). The first kappa shape index (κ1) is 17.0. The fraction of sp³-hybridized carbons (Fsp3) is 0.250. The van der Waals surface area contributed by atoms with Gasteiger partial charge >= 0.3 is 5.97 Å². The van der Waals surface area contributed by atoms with Crippen molar-refractivity contribution in [2.45, 2.75) is 20.0 Å². The summed E-state index contributed by atoms with van der Waals surface area (Å²) in [6, 6.07) is 6.56. The van der Waals surface area contributed by atoms with Crippen molar-refractivity contribution in [3.63, 3.8) is 0 Å². The van der Waals surface area contributed by atoms with Gasteiger partial charge in [0.05, 0.1) is 5.69 Å². The zero-order valence-electron chi connectivity index (χ0n) is 13.3. The maximum Gasteiger partial charge on any atom is 0.344 e. The number of carbonyl (C=O) groups is 1. The Morgan fingerprint density at radius 1 is 1.32 bits per heavy atom. The summed E-state index contributed by atoms with van der Waals surface area (Å²) in [6.45, 7) is 1.47. The Bertz CT molecular complexity index is 952. The molecule has 0 unspecified atom stereocenters.